The highest BCUT2D eigenvalue weighted by molar-refractivity contribution is 6.06. The molecule has 7 nitrogen and oxygen atoms in total. The van der Waals surface area contributed by atoms with Crippen LogP contribution in [0.4, 0.5) is 11.4 Å². The number of aromatic carboxylic acids is 1. The molecule has 0 fully saturated rings. The number of carboxylic acids is 2. The van der Waals surface area contributed by atoms with Crippen molar-refractivity contribution >= 4 is 29.2 Å². The van der Waals surface area contributed by atoms with E-state index in [1.54, 1.807) is 0 Å². The van der Waals surface area contributed by atoms with Gasteiger partial charge >= 0.3 is 11.9 Å². The SMILES string of the molecule is CN1C(=O)C(CC(=O)O)Nc2cc(C(=O)O)ccc21. The number of nitrogens with zero attached hydrogens (tertiary/aromatic N) is 1. The number of amides is 1. The molecule has 100 valence electrons. The third-order valence-electron chi connectivity index (χ3n) is 2.94. The number of hydrogen-bond donors (Lipinski definition) is 3. The van der Waals surface area contributed by atoms with E-state index in [1.807, 2.05) is 0 Å². The fourth-order valence-corrected chi connectivity index (χ4v) is 1.99. The standard InChI is InChI=1S/C12H12N2O5/c1-14-9-3-2-6(12(18)19)4-7(9)13-8(11(14)17)5-10(15)16/h2-4,8,13H,5H2,1H3,(H,15,16)(H,18,19). The van der Waals surface area contributed by atoms with Crippen molar-refractivity contribution in [2.45, 2.75) is 12.5 Å². The zero-order valence-corrected chi connectivity index (χ0v) is 10.1. The first kappa shape index (κ1) is 12.9. The molecule has 0 radical (unpaired) electrons. The number of likely N-dealkylation sites (N-methyl/N-ethyl adjacent to an activating group) is 1. The summed E-state index contributed by atoms with van der Waals surface area (Å²) in [5.74, 6) is -2.55. The molecule has 0 saturated carbocycles. The highest BCUT2D eigenvalue weighted by atomic mass is 16.4. The van der Waals surface area contributed by atoms with E-state index in [9.17, 15) is 14.4 Å². The number of fused-ring (bicyclic) bond motifs is 1. The first-order valence-corrected chi connectivity index (χ1v) is 5.53. The van der Waals surface area contributed by atoms with Crippen LogP contribution in [0.1, 0.15) is 16.8 Å². The lowest BCUT2D eigenvalue weighted by Gasteiger charge is -2.32. The maximum absolute atomic E-state index is 11.9. The van der Waals surface area contributed by atoms with Crippen molar-refractivity contribution in [1.82, 2.24) is 0 Å². The van der Waals surface area contributed by atoms with Crippen LogP contribution in [0.5, 0.6) is 0 Å². The number of nitrogens with one attached hydrogen (secondary N) is 1. The van der Waals surface area contributed by atoms with Crippen LogP contribution < -0.4 is 10.2 Å². The summed E-state index contributed by atoms with van der Waals surface area (Å²) in [4.78, 5) is 34.8. The first-order chi connectivity index (χ1) is 8.90. The van der Waals surface area contributed by atoms with Crippen LogP contribution in [-0.4, -0.2) is 41.1 Å². The maximum atomic E-state index is 11.9. The lowest BCUT2D eigenvalue weighted by atomic mass is 10.0. The molecule has 3 N–H and O–H groups in total. The Morgan fingerprint density at radius 2 is 2.05 bits per heavy atom. The minimum Gasteiger partial charge on any atom is -0.481 e. The number of aliphatic carboxylic acids is 1. The lowest BCUT2D eigenvalue weighted by molar-refractivity contribution is -0.138. The number of carbonyl (C=O) groups excluding carboxylic acids is 1. The average molecular weight is 264 g/mol. The van der Waals surface area contributed by atoms with Gasteiger partial charge in [0.25, 0.3) is 0 Å². The Bertz CT molecular complexity index is 569. The number of rotatable bonds is 3. The highest BCUT2D eigenvalue weighted by Gasteiger charge is 2.32. The van der Waals surface area contributed by atoms with Crippen molar-refractivity contribution in [3.63, 3.8) is 0 Å². The van der Waals surface area contributed by atoms with E-state index < -0.39 is 18.0 Å². The summed E-state index contributed by atoms with van der Waals surface area (Å²) < 4.78 is 0. The Labute approximate surface area is 108 Å². The van der Waals surface area contributed by atoms with Crippen molar-refractivity contribution in [2.24, 2.45) is 0 Å². The van der Waals surface area contributed by atoms with E-state index in [-0.39, 0.29) is 17.9 Å². The molecule has 1 atom stereocenters. The Morgan fingerprint density at radius 1 is 1.37 bits per heavy atom. The predicted molar refractivity (Wildman–Crippen MR) is 66.5 cm³/mol. The molecule has 1 unspecified atom stereocenters. The first-order valence-electron chi connectivity index (χ1n) is 5.53. The van der Waals surface area contributed by atoms with Crippen LogP contribution >= 0.6 is 0 Å². The summed E-state index contributed by atoms with van der Waals surface area (Å²) in [5.41, 5.74) is 1.04. The van der Waals surface area contributed by atoms with E-state index in [0.717, 1.165) is 0 Å². The molecular formula is C12H12N2O5. The summed E-state index contributed by atoms with van der Waals surface area (Å²) in [6.07, 6.45) is -0.361. The predicted octanol–water partition coefficient (Wildman–Crippen LogP) is 0.616. The average Bonchev–Trinajstić information content (AvgIpc) is 2.34. The van der Waals surface area contributed by atoms with Crippen molar-refractivity contribution in [3.8, 4) is 0 Å². The molecular weight excluding hydrogens is 252 g/mol. The second-order valence-corrected chi connectivity index (χ2v) is 4.23. The fraction of sp³-hybridized carbons (Fsp3) is 0.250. The van der Waals surface area contributed by atoms with Gasteiger partial charge in [-0.2, -0.15) is 0 Å². The van der Waals surface area contributed by atoms with Crippen molar-refractivity contribution in [1.29, 1.82) is 0 Å². The molecule has 0 saturated heterocycles. The van der Waals surface area contributed by atoms with E-state index in [0.29, 0.717) is 11.4 Å². The summed E-state index contributed by atoms with van der Waals surface area (Å²) in [7, 11) is 1.53. The molecule has 1 amide bonds. The largest absolute Gasteiger partial charge is 0.481 e. The minimum atomic E-state index is -1.10. The zero-order valence-electron chi connectivity index (χ0n) is 10.1. The number of anilines is 2. The Balaban J connectivity index is 2.39. The number of hydrogen-bond acceptors (Lipinski definition) is 4. The Morgan fingerprint density at radius 3 is 2.63 bits per heavy atom. The van der Waals surface area contributed by atoms with Gasteiger partial charge in [0, 0.05) is 7.05 Å². The van der Waals surface area contributed by atoms with Gasteiger partial charge in [-0.3, -0.25) is 9.59 Å². The minimum absolute atomic E-state index is 0.0723. The smallest absolute Gasteiger partial charge is 0.335 e. The number of carbonyl (C=O) groups is 3. The third kappa shape index (κ3) is 2.35. The molecule has 7 heteroatoms. The van der Waals surface area contributed by atoms with Gasteiger partial charge in [-0.05, 0) is 18.2 Å². The molecule has 1 aliphatic heterocycles. The van der Waals surface area contributed by atoms with Crippen molar-refractivity contribution in [3.05, 3.63) is 23.8 Å². The lowest BCUT2D eigenvalue weighted by Crippen LogP contribution is -2.46. The van der Waals surface area contributed by atoms with E-state index in [4.69, 9.17) is 10.2 Å². The molecule has 19 heavy (non-hydrogen) atoms. The van der Waals surface area contributed by atoms with Gasteiger partial charge in [0.05, 0.1) is 23.4 Å². The summed E-state index contributed by atoms with van der Waals surface area (Å²) in [6.45, 7) is 0. The normalized spacial score (nSPS) is 17.6. The van der Waals surface area contributed by atoms with Crippen molar-refractivity contribution in [2.75, 3.05) is 17.3 Å². The van der Waals surface area contributed by atoms with Gasteiger partial charge in [-0.1, -0.05) is 0 Å². The molecule has 0 aliphatic carbocycles. The van der Waals surface area contributed by atoms with E-state index >= 15 is 0 Å². The van der Waals surface area contributed by atoms with Gasteiger partial charge in [-0.25, -0.2) is 4.79 Å². The van der Waals surface area contributed by atoms with Crippen LogP contribution in [0.2, 0.25) is 0 Å². The Kier molecular flexibility index (Phi) is 3.12. The number of carboxylic acid groups (broad SMARTS) is 2. The second kappa shape index (κ2) is 4.60. The van der Waals surface area contributed by atoms with Crippen molar-refractivity contribution < 1.29 is 24.6 Å². The monoisotopic (exact) mass is 264 g/mol. The Hall–Kier alpha value is -2.57. The molecule has 1 aromatic carbocycles. The van der Waals surface area contributed by atoms with Gasteiger partial charge < -0.3 is 20.4 Å². The van der Waals surface area contributed by atoms with Crippen LogP contribution in [-0.2, 0) is 9.59 Å². The second-order valence-electron chi connectivity index (χ2n) is 4.23. The van der Waals surface area contributed by atoms with E-state index in [2.05, 4.69) is 5.32 Å². The fourth-order valence-electron chi connectivity index (χ4n) is 1.99. The van der Waals surface area contributed by atoms with Crippen LogP contribution in [0.3, 0.4) is 0 Å². The van der Waals surface area contributed by atoms with Gasteiger partial charge in [0.2, 0.25) is 5.91 Å². The maximum Gasteiger partial charge on any atom is 0.335 e. The molecule has 1 heterocycles. The van der Waals surface area contributed by atoms with E-state index in [1.165, 1.54) is 30.1 Å². The van der Waals surface area contributed by atoms with Crippen LogP contribution in [0.25, 0.3) is 0 Å². The summed E-state index contributed by atoms with van der Waals surface area (Å²) >= 11 is 0. The molecule has 0 spiro atoms. The topological polar surface area (TPSA) is 107 Å². The van der Waals surface area contributed by atoms with Crippen LogP contribution in [0.15, 0.2) is 18.2 Å². The number of benzene rings is 1. The summed E-state index contributed by atoms with van der Waals surface area (Å²) in [5, 5.41) is 20.4. The molecule has 0 bridgehead atoms. The molecule has 0 aromatic heterocycles. The van der Waals surface area contributed by atoms with Gasteiger partial charge in [-0.15, -0.1) is 0 Å². The quantitative estimate of drug-likeness (QED) is 0.738. The van der Waals surface area contributed by atoms with Crippen LogP contribution in [0, 0.1) is 0 Å². The molecule has 1 aromatic rings. The highest BCUT2D eigenvalue weighted by Crippen LogP contribution is 2.32. The van der Waals surface area contributed by atoms with Gasteiger partial charge in [0.1, 0.15) is 6.04 Å². The summed E-state index contributed by atoms with van der Waals surface area (Å²) in [6, 6.07) is 3.40. The zero-order chi connectivity index (χ0) is 14.2. The third-order valence-corrected chi connectivity index (χ3v) is 2.94. The molecule has 1 aliphatic rings. The molecule has 2 rings (SSSR count). The van der Waals surface area contributed by atoms with Gasteiger partial charge in [0.15, 0.2) is 0 Å².